The Morgan fingerprint density at radius 2 is 1.89 bits per heavy atom. The summed E-state index contributed by atoms with van der Waals surface area (Å²) in [5.41, 5.74) is 10.3. The Balaban J connectivity index is 1.21. The summed E-state index contributed by atoms with van der Waals surface area (Å²) >= 11 is 1.62. The number of nitrogens with two attached hydrogens (primary N) is 1. The van der Waals surface area contributed by atoms with Crippen molar-refractivity contribution in [2.24, 2.45) is 11.7 Å². The van der Waals surface area contributed by atoms with Crippen LogP contribution in [0.15, 0.2) is 29.0 Å². The summed E-state index contributed by atoms with van der Waals surface area (Å²) in [6.07, 6.45) is 4.75. The first kappa shape index (κ1) is 25.7. The standard InChI is InChI=1S/C26H36N4O4S2/c27-26(32)23-14-19(18-7-11-35-16-18)13-22-24(15-29-25(22)23)17-5-9-30(10-6-17)36(33,34)12-8-28-20-1-3-21(31)4-2-20/h7,11,13-14,16-17,20-21,24,28-29,31H,1-6,8-10,12,15H2,(H2,27,32). The van der Waals surface area contributed by atoms with Gasteiger partial charge < -0.3 is 21.5 Å². The zero-order valence-corrected chi connectivity index (χ0v) is 22.1. The predicted molar refractivity (Wildman–Crippen MR) is 144 cm³/mol. The zero-order chi connectivity index (χ0) is 25.3. The van der Waals surface area contributed by atoms with Crippen LogP contribution >= 0.6 is 11.3 Å². The minimum Gasteiger partial charge on any atom is -0.393 e. The number of carbonyl (C=O) groups excluding carboxylic acids is 1. The molecular formula is C26H36N4O4S2. The van der Waals surface area contributed by atoms with Crippen LogP contribution in [0.1, 0.15) is 60.4 Å². The van der Waals surface area contributed by atoms with Gasteiger partial charge in [-0.15, -0.1) is 0 Å². The number of benzene rings is 1. The smallest absolute Gasteiger partial charge is 0.250 e. The lowest BCUT2D eigenvalue weighted by molar-refractivity contribution is 0.100. The molecule has 5 N–H and O–H groups in total. The number of anilines is 1. The van der Waals surface area contributed by atoms with E-state index in [0.29, 0.717) is 37.2 Å². The fourth-order valence-corrected chi connectivity index (χ4v) is 8.11. The van der Waals surface area contributed by atoms with E-state index in [1.807, 2.05) is 17.5 Å². The number of hydrogen-bond donors (Lipinski definition) is 4. The van der Waals surface area contributed by atoms with Crippen LogP contribution in [0.2, 0.25) is 0 Å². The van der Waals surface area contributed by atoms with E-state index in [4.69, 9.17) is 5.73 Å². The number of hydrogen-bond acceptors (Lipinski definition) is 7. The summed E-state index contributed by atoms with van der Waals surface area (Å²) in [5, 5.41) is 20.5. The van der Waals surface area contributed by atoms with Gasteiger partial charge in [0.15, 0.2) is 0 Å². The number of sulfonamides is 1. The molecule has 2 fully saturated rings. The lowest BCUT2D eigenvalue weighted by Crippen LogP contribution is -2.44. The van der Waals surface area contributed by atoms with Crippen molar-refractivity contribution >= 4 is 33.0 Å². The van der Waals surface area contributed by atoms with Crippen molar-refractivity contribution in [3.63, 3.8) is 0 Å². The van der Waals surface area contributed by atoms with Crippen molar-refractivity contribution in [3.05, 3.63) is 40.1 Å². The van der Waals surface area contributed by atoms with Gasteiger partial charge in [0.2, 0.25) is 10.0 Å². The summed E-state index contributed by atoms with van der Waals surface area (Å²) in [5.74, 6) is 0.243. The van der Waals surface area contributed by atoms with Gasteiger partial charge in [0.05, 0.1) is 23.1 Å². The fourth-order valence-electron chi connectivity index (χ4n) is 6.04. The minimum absolute atomic E-state index is 0.108. The molecule has 1 unspecified atom stereocenters. The Kier molecular flexibility index (Phi) is 7.69. The zero-order valence-electron chi connectivity index (χ0n) is 20.5. The second kappa shape index (κ2) is 10.8. The normalized spacial score (nSPS) is 25.4. The van der Waals surface area contributed by atoms with Crippen molar-refractivity contribution in [2.75, 3.05) is 37.2 Å². The Hall–Kier alpha value is -1.98. The molecule has 2 aromatic rings. The highest BCUT2D eigenvalue weighted by Gasteiger charge is 2.36. The van der Waals surface area contributed by atoms with Gasteiger partial charge in [-0.05, 0) is 90.1 Å². The molecule has 8 nitrogen and oxygen atoms in total. The summed E-state index contributed by atoms with van der Waals surface area (Å²) in [6, 6.07) is 6.39. The first-order valence-electron chi connectivity index (χ1n) is 13.0. The molecule has 1 aromatic heterocycles. The van der Waals surface area contributed by atoms with Crippen LogP contribution in [0, 0.1) is 5.92 Å². The maximum atomic E-state index is 13.0. The topological polar surface area (TPSA) is 125 Å². The number of aliphatic hydroxyl groups is 1. The molecule has 3 heterocycles. The van der Waals surface area contributed by atoms with Crippen LogP contribution < -0.4 is 16.4 Å². The molecule has 1 atom stereocenters. The second-order valence-corrected chi connectivity index (χ2v) is 13.2. The Bertz CT molecular complexity index is 1170. The van der Waals surface area contributed by atoms with Gasteiger partial charge in [0, 0.05) is 38.1 Å². The summed E-state index contributed by atoms with van der Waals surface area (Å²) in [4.78, 5) is 12.2. The van der Waals surface area contributed by atoms with Crippen molar-refractivity contribution in [1.29, 1.82) is 0 Å². The molecular weight excluding hydrogens is 496 g/mol. The molecule has 1 saturated carbocycles. The molecule has 3 aliphatic rings. The molecule has 0 radical (unpaired) electrons. The van der Waals surface area contributed by atoms with E-state index >= 15 is 0 Å². The van der Waals surface area contributed by atoms with Gasteiger partial charge >= 0.3 is 0 Å². The number of aliphatic hydroxyl groups excluding tert-OH is 1. The minimum atomic E-state index is -3.31. The average molecular weight is 533 g/mol. The molecule has 0 spiro atoms. The van der Waals surface area contributed by atoms with E-state index in [1.54, 1.807) is 15.6 Å². The molecule has 1 aromatic carbocycles. The van der Waals surface area contributed by atoms with Crippen molar-refractivity contribution < 1.29 is 18.3 Å². The Morgan fingerprint density at radius 1 is 1.14 bits per heavy atom. The first-order chi connectivity index (χ1) is 17.3. The van der Waals surface area contributed by atoms with Crippen LogP contribution in [0.5, 0.6) is 0 Å². The Labute approximate surface area is 217 Å². The Morgan fingerprint density at radius 3 is 2.56 bits per heavy atom. The third-order valence-corrected chi connectivity index (χ3v) is 10.7. The van der Waals surface area contributed by atoms with E-state index in [2.05, 4.69) is 22.1 Å². The van der Waals surface area contributed by atoms with Gasteiger partial charge in [-0.3, -0.25) is 4.79 Å². The predicted octanol–water partition coefficient (Wildman–Crippen LogP) is 2.96. The molecule has 5 rings (SSSR count). The van der Waals surface area contributed by atoms with Gasteiger partial charge in [0.25, 0.3) is 5.91 Å². The molecule has 1 aliphatic carbocycles. The number of rotatable bonds is 8. The van der Waals surface area contributed by atoms with Crippen molar-refractivity contribution in [1.82, 2.24) is 9.62 Å². The fraction of sp³-hybridized carbons (Fsp3) is 0.577. The van der Waals surface area contributed by atoms with Crippen LogP contribution in [0.25, 0.3) is 11.1 Å². The highest BCUT2D eigenvalue weighted by molar-refractivity contribution is 7.89. The van der Waals surface area contributed by atoms with Gasteiger partial charge in [-0.1, -0.05) is 0 Å². The third-order valence-electron chi connectivity index (χ3n) is 8.14. The third kappa shape index (κ3) is 5.47. The van der Waals surface area contributed by atoms with Gasteiger partial charge in [-0.2, -0.15) is 11.3 Å². The van der Waals surface area contributed by atoms with Crippen LogP contribution in [0.3, 0.4) is 0 Å². The number of nitrogens with one attached hydrogen (secondary N) is 2. The van der Waals surface area contributed by atoms with Gasteiger partial charge in [-0.25, -0.2) is 12.7 Å². The van der Waals surface area contributed by atoms with Crippen LogP contribution in [-0.4, -0.2) is 67.8 Å². The van der Waals surface area contributed by atoms with Crippen molar-refractivity contribution in [2.45, 2.75) is 56.6 Å². The molecule has 196 valence electrons. The largest absolute Gasteiger partial charge is 0.393 e. The molecule has 10 heteroatoms. The van der Waals surface area contributed by atoms with Crippen molar-refractivity contribution in [3.8, 4) is 11.1 Å². The highest BCUT2D eigenvalue weighted by atomic mass is 32.2. The SMILES string of the molecule is NC(=O)c1cc(-c2ccsc2)cc2c1NCC2C1CCN(S(=O)(=O)CCNC2CCC(O)CC2)CC1. The number of amides is 1. The molecule has 0 bridgehead atoms. The molecule has 2 aliphatic heterocycles. The number of primary amides is 1. The molecule has 1 amide bonds. The van der Waals surface area contributed by atoms with E-state index in [9.17, 15) is 18.3 Å². The molecule has 1 saturated heterocycles. The maximum absolute atomic E-state index is 13.0. The number of thiophene rings is 1. The molecule has 36 heavy (non-hydrogen) atoms. The van der Waals surface area contributed by atoms with E-state index in [0.717, 1.165) is 67.4 Å². The number of nitrogens with zero attached hydrogens (tertiary/aromatic N) is 1. The van der Waals surface area contributed by atoms with Crippen LogP contribution in [-0.2, 0) is 10.0 Å². The van der Waals surface area contributed by atoms with E-state index in [1.165, 1.54) is 0 Å². The quantitative estimate of drug-likeness (QED) is 0.414. The number of carbonyl (C=O) groups is 1. The lowest BCUT2D eigenvalue weighted by Gasteiger charge is -2.34. The monoisotopic (exact) mass is 532 g/mol. The lowest BCUT2D eigenvalue weighted by atomic mass is 9.80. The summed E-state index contributed by atoms with van der Waals surface area (Å²) < 4.78 is 27.6. The summed E-state index contributed by atoms with van der Waals surface area (Å²) in [7, 11) is -3.31. The summed E-state index contributed by atoms with van der Waals surface area (Å²) in [6.45, 7) is 2.24. The highest BCUT2D eigenvalue weighted by Crippen LogP contribution is 2.44. The van der Waals surface area contributed by atoms with E-state index in [-0.39, 0.29) is 17.8 Å². The average Bonchev–Trinajstić information content (AvgIpc) is 3.55. The number of fused-ring (bicyclic) bond motifs is 1. The van der Waals surface area contributed by atoms with Crippen LogP contribution in [0.4, 0.5) is 5.69 Å². The number of piperidine rings is 1. The second-order valence-electron chi connectivity index (χ2n) is 10.4. The van der Waals surface area contributed by atoms with E-state index < -0.39 is 15.9 Å². The maximum Gasteiger partial charge on any atom is 0.250 e. The first-order valence-corrected chi connectivity index (χ1v) is 15.5. The van der Waals surface area contributed by atoms with Gasteiger partial charge in [0.1, 0.15) is 0 Å².